The standard InChI is InChI=1S/C20H23N5O2/c1-14-20(24(4)13-26)25-12-16(7-10-18(25)22-14)19(27)21-11-15-5-8-17(9-6-15)23(2)3/h5-10,12-13H,11H2,1-4H3,(H,21,27). The molecule has 2 amide bonds. The van der Waals surface area contributed by atoms with E-state index >= 15 is 0 Å². The van der Waals surface area contributed by atoms with Crippen LogP contribution in [-0.2, 0) is 11.3 Å². The summed E-state index contributed by atoms with van der Waals surface area (Å²) in [6.07, 6.45) is 2.43. The number of carbonyl (C=O) groups excluding carboxylic acids is 2. The molecule has 0 unspecified atom stereocenters. The topological polar surface area (TPSA) is 70.0 Å². The van der Waals surface area contributed by atoms with Crippen molar-refractivity contribution in [3.05, 3.63) is 59.4 Å². The summed E-state index contributed by atoms with van der Waals surface area (Å²) >= 11 is 0. The van der Waals surface area contributed by atoms with Crippen molar-refractivity contribution in [2.75, 3.05) is 30.9 Å². The number of amides is 2. The molecule has 0 aliphatic heterocycles. The van der Waals surface area contributed by atoms with Gasteiger partial charge in [-0.1, -0.05) is 12.1 Å². The Bertz CT molecular complexity index is 976. The van der Waals surface area contributed by atoms with E-state index in [2.05, 4.69) is 10.3 Å². The van der Waals surface area contributed by atoms with E-state index in [0.29, 0.717) is 23.6 Å². The number of nitrogens with one attached hydrogen (secondary N) is 1. The first-order chi connectivity index (χ1) is 12.9. The summed E-state index contributed by atoms with van der Waals surface area (Å²) in [7, 11) is 5.63. The number of rotatable bonds is 6. The molecule has 140 valence electrons. The molecule has 0 spiro atoms. The Balaban J connectivity index is 1.78. The normalized spacial score (nSPS) is 10.7. The quantitative estimate of drug-likeness (QED) is 0.680. The molecule has 2 aromatic heterocycles. The number of carbonyl (C=O) groups is 2. The Morgan fingerprint density at radius 2 is 1.85 bits per heavy atom. The molecule has 7 heteroatoms. The van der Waals surface area contributed by atoms with Crippen molar-refractivity contribution >= 4 is 29.5 Å². The molecule has 0 radical (unpaired) electrons. The average Bonchev–Trinajstić information content (AvgIpc) is 3.00. The second-order valence-electron chi connectivity index (χ2n) is 6.63. The van der Waals surface area contributed by atoms with Gasteiger partial charge in [-0.15, -0.1) is 0 Å². The zero-order valence-electron chi connectivity index (χ0n) is 15.9. The Labute approximate surface area is 158 Å². The molecule has 3 rings (SSSR count). The number of nitrogens with zero attached hydrogens (tertiary/aromatic N) is 4. The van der Waals surface area contributed by atoms with E-state index in [0.717, 1.165) is 23.4 Å². The summed E-state index contributed by atoms with van der Waals surface area (Å²) in [4.78, 5) is 31.6. The van der Waals surface area contributed by atoms with Gasteiger partial charge in [-0.2, -0.15) is 0 Å². The lowest BCUT2D eigenvalue weighted by molar-refractivity contribution is -0.107. The van der Waals surface area contributed by atoms with Crippen molar-refractivity contribution in [3.63, 3.8) is 0 Å². The number of imidazole rings is 1. The number of benzene rings is 1. The van der Waals surface area contributed by atoms with Gasteiger partial charge in [0.15, 0.2) is 0 Å². The summed E-state index contributed by atoms with van der Waals surface area (Å²) in [6.45, 7) is 2.27. The van der Waals surface area contributed by atoms with Gasteiger partial charge in [0.2, 0.25) is 6.41 Å². The van der Waals surface area contributed by atoms with Gasteiger partial charge in [0.25, 0.3) is 5.91 Å². The number of hydrogen-bond acceptors (Lipinski definition) is 4. The van der Waals surface area contributed by atoms with Gasteiger partial charge < -0.3 is 15.1 Å². The second-order valence-corrected chi connectivity index (χ2v) is 6.63. The molecule has 3 aromatic rings. The maximum atomic E-state index is 12.6. The number of aryl methyl sites for hydroxylation is 1. The Morgan fingerprint density at radius 3 is 2.48 bits per heavy atom. The van der Waals surface area contributed by atoms with Gasteiger partial charge in [0.1, 0.15) is 11.5 Å². The molecular formula is C20H23N5O2. The predicted molar refractivity (Wildman–Crippen MR) is 106 cm³/mol. The first-order valence-corrected chi connectivity index (χ1v) is 8.62. The molecule has 7 nitrogen and oxygen atoms in total. The lowest BCUT2D eigenvalue weighted by Crippen LogP contribution is -2.23. The minimum absolute atomic E-state index is 0.181. The van der Waals surface area contributed by atoms with Gasteiger partial charge >= 0.3 is 0 Å². The molecule has 0 aliphatic rings. The van der Waals surface area contributed by atoms with E-state index in [9.17, 15) is 9.59 Å². The summed E-state index contributed by atoms with van der Waals surface area (Å²) < 4.78 is 1.75. The van der Waals surface area contributed by atoms with Crippen LogP contribution in [0.5, 0.6) is 0 Å². The maximum absolute atomic E-state index is 12.6. The smallest absolute Gasteiger partial charge is 0.253 e. The van der Waals surface area contributed by atoms with Gasteiger partial charge in [-0.3, -0.25) is 14.0 Å². The van der Waals surface area contributed by atoms with Crippen molar-refractivity contribution in [1.82, 2.24) is 14.7 Å². The van der Waals surface area contributed by atoms with E-state index in [1.54, 1.807) is 29.8 Å². The first kappa shape index (κ1) is 18.4. The van der Waals surface area contributed by atoms with Crippen LogP contribution < -0.4 is 15.1 Å². The predicted octanol–water partition coefficient (Wildman–Crippen LogP) is 2.23. The van der Waals surface area contributed by atoms with Crippen LogP contribution in [0.15, 0.2) is 42.6 Å². The maximum Gasteiger partial charge on any atom is 0.253 e. The van der Waals surface area contributed by atoms with Crippen molar-refractivity contribution in [2.45, 2.75) is 13.5 Å². The molecule has 1 N–H and O–H groups in total. The molecule has 27 heavy (non-hydrogen) atoms. The third-order valence-corrected chi connectivity index (χ3v) is 4.42. The molecule has 0 aliphatic carbocycles. The summed E-state index contributed by atoms with van der Waals surface area (Å²) in [6, 6.07) is 11.5. The van der Waals surface area contributed by atoms with Crippen LogP contribution in [0.25, 0.3) is 5.65 Å². The highest BCUT2D eigenvalue weighted by Gasteiger charge is 2.14. The zero-order valence-corrected chi connectivity index (χ0v) is 15.9. The number of hydrogen-bond donors (Lipinski definition) is 1. The zero-order chi connectivity index (χ0) is 19.6. The lowest BCUT2D eigenvalue weighted by Gasteiger charge is -2.13. The first-order valence-electron chi connectivity index (χ1n) is 8.62. The van der Waals surface area contributed by atoms with Crippen molar-refractivity contribution in [2.24, 2.45) is 0 Å². The van der Waals surface area contributed by atoms with Crippen molar-refractivity contribution < 1.29 is 9.59 Å². The van der Waals surface area contributed by atoms with E-state index in [1.165, 1.54) is 4.90 Å². The minimum Gasteiger partial charge on any atom is -0.378 e. The van der Waals surface area contributed by atoms with Gasteiger partial charge in [0.05, 0.1) is 11.3 Å². The Hall–Kier alpha value is -3.35. The molecule has 0 fully saturated rings. The second kappa shape index (κ2) is 7.49. The number of fused-ring (bicyclic) bond motifs is 1. The highest BCUT2D eigenvalue weighted by atomic mass is 16.1. The van der Waals surface area contributed by atoms with Crippen LogP contribution in [0.3, 0.4) is 0 Å². The van der Waals surface area contributed by atoms with Gasteiger partial charge in [-0.25, -0.2) is 4.98 Å². The average molecular weight is 365 g/mol. The largest absolute Gasteiger partial charge is 0.378 e. The van der Waals surface area contributed by atoms with Crippen LogP contribution in [-0.4, -0.2) is 42.8 Å². The van der Waals surface area contributed by atoms with E-state index in [4.69, 9.17) is 0 Å². The third kappa shape index (κ3) is 3.76. The molecule has 1 aromatic carbocycles. The van der Waals surface area contributed by atoms with Crippen LogP contribution in [0, 0.1) is 6.92 Å². The lowest BCUT2D eigenvalue weighted by atomic mass is 10.2. The minimum atomic E-state index is -0.181. The SMILES string of the molecule is Cc1nc2ccc(C(=O)NCc3ccc(N(C)C)cc3)cn2c1N(C)C=O. The molecule has 0 saturated carbocycles. The van der Waals surface area contributed by atoms with Crippen LogP contribution >= 0.6 is 0 Å². The molecule has 2 heterocycles. The van der Waals surface area contributed by atoms with Gasteiger partial charge in [0, 0.05) is 39.6 Å². The fourth-order valence-electron chi connectivity index (χ4n) is 2.96. The van der Waals surface area contributed by atoms with Crippen molar-refractivity contribution in [3.8, 4) is 0 Å². The molecule has 0 bridgehead atoms. The highest BCUT2D eigenvalue weighted by Crippen LogP contribution is 2.21. The third-order valence-electron chi connectivity index (χ3n) is 4.42. The summed E-state index contributed by atoms with van der Waals surface area (Å²) in [5.41, 5.74) is 4.05. The fourth-order valence-corrected chi connectivity index (χ4v) is 2.96. The number of anilines is 2. The van der Waals surface area contributed by atoms with Crippen molar-refractivity contribution in [1.29, 1.82) is 0 Å². The fraction of sp³-hybridized carbons (Fsp3) is 0.250. The van der Waals surface area contributed by atoms with Crippen LogP contribution in [0.1, 0.15) is 21.6 Å². The Morgan fingerprint density at radius 1 is 1.15 bits per heavy atom. The van der Waals surface area contributed by atoms with Crippen LogP contribution in [0.2, 0.25) is 0 Å². The van der Waals surface area contributed by atoms with Gasteiger partial charge in [-0.05, 0) is 36.8 Å². The molecule has 0 atom stereocenters. The molecule has 0 saturated heterocycles. The van der Waals surface area contributed by atoms with E-state index in [-0.39, 0.29) is 5.91 Å². The van der Waals surface area contributed by atoms with E-state index in [1.807, 2.05) is 50.2 Å². The monoisotopic (exact) mass is 365 g/mol. The van der Waals surface area contributed by atoms with E-state index < -0.39 is 0 Å². The summed E-state index contributed by atoms with van der Waals surface area (Å²) in [5.74, 6) is 0.466. The highest BCUT2D eigenvalue weighted by molar-refractivity contribution is 5.94. The number of aromatic nitrogens is 2. The summed E-state index contributed by atoms with van der Waals surface area (Å²) in [5, 5.41) is 2.93. The molecular weight excluding hydrogens is 342 g/mol. The number of pyridine rings is 1. The van der Waals surface area contributed by atoms with Crippen LogP contribution in [0.4, 0.5) is 11.5 Å². The Kier molecular flexibility index (Phi) is 5.12.